The quantitative estimate of drug-likeness (QED) is 0.806. The molecule has 2 aliphatic rings. The molecule has 0 bridgehead atoms. The molecule has 1 aromatic rings. The summed E-state index contributed by atoms with van der Waals surface area (Å²) >= 11 is 1.42. The average molecular weight is 269 g/mol. The van der Waals surface area contributed by atoms with Gasteiger partial charge in [0.05, 0.1) is 18.9 Å². The van der Waals surface area contributed by atoms with Crippen molar-refractivity contribution in [2.45, 2.75) is 19.4 Å². The highest BCUT2D eigenvalue weighted by atomic mass is 32.1. The highest BCUT2D eigenvalue weighted by molar-refractivity contribution is 7.03. The molecule has 18 heavy (non-hydrogen) atoms. The maximum Gasteiger partial charge on any atom is 0.0895 e. The van der Waals surface area contributed by atoms with E-state index < -0.39 is 0 Å². The van der Waals surface area contributed by atoms with Crippen molar-refractivity contribution in [2.24, 2.45) is 5.41 Å². The van der Waals surface area contributed by atoms with E-state index in [2.05, 4.69) is 14.5 Å². The van der Waals surface area contributed by atoms with Gasteiger partial charge >= 0.3 is 0 Å². The van der Waals surface area contributed by atoms with Crippen LogP contribution in [0.4, 0.5) is 0 Å². The summed E-state index contributed by atoms with van der Waals surface area (Å²) in [7, 11) is 0. The van der Waals surface area contributed by atoms with Gasteiger partial charge in [0.1, 0.15) is 0 Å². The predicted molar refractivity (Wildman–Crippen MR) is 68.5 cm³/mol. The first-order chi connectivity index (χ1) is 8.86. The Balaban J connectivity index is 1.66. The van der Waals surface area contributed by atoms with Gasteiger partial charge < -0.3 is 9.47 Å². The standard InChI is InChI=1S/C12H19N3O2S/c1-4-16-5-2-12(1)9-15(3-6-17-10-12)7-11-8-18-14-13-11/h8H,1-7,9-10H2. The molecule has 1 aromatic heterocycles. The number of rotatable bonds is 2. The molecule has 3 heterocycles. The number of nitrogens with zero attached hydrogens (tertiary/aromatic N) is 3. The van der Waals surface area contributed by atoms with Crippen LogP contribution in [0.3, 0.4) is 0 Å². The summed E-state index contributed by atoms with van der Waals surface area (Å²) in [4.78, 5) is 2.45. The second kappa shape index (κ2) is 5.61. The molecular formula is C12H19N3O2S. The molecular weight excluding hydrogens is 250 g/mol. The molecule has 0 atom stereocenters. The zero-order valence-electron chi connectivity index (χ0n) is 10.5. The molecule has 0 unspecified atom stereocenters. The first kappa shape index (κ1) is 12.5. The van der Waals surface area contributed by atoms with Crippen molar-refractivity contribution in [3.8, 4) is 0 Å². The van der Waals surface area contributed by atoms with Crippen molar-refractivity contribution >= 4 is 11.5 Å². The van der Waals surface area contributed by atoms with Gasteiger partial charge in [0.2, 0.25) is 0 Å². The first-order valence-corrected chi connectivity index (χ1v) is 7.34. The van der Waals surface area contributed by atoms with Gasteiger partial charge in [-0.25, -0.2) is 0 Å². The summed E-state index contributed by atoms with van der Waals surface area (Å²) in [6.07, 6.45) is 2.22. The fraction of sp³-hybridized carbons (Fsp3) is 0.833. The molecule has 5 nitrogen and oxygen atoms in total. The first-order valence-electron chi connectivity index (χ1n) is 6.50. The highest BCUT2D eigenvalue weighted by Gasteiger charge is 2.36. The van der Waals surface area contributed by atoms with Gasteiger partial charge in [0, 0.05) is 43.6 Å². The SMILES string of the molecule is c1snnc1CN1CCOCC2(CCOCC2)C1. The second-order valence-corrected chi connectivity index (χ2v) is 5.88. The summed E-state index contributed by atoms with van der Waals surface area (Å²) in [6, 6.07) is 0. The smallest absolute Gasteiger partial charge is 0.0895 e. The van der Waals surface area contributed by atoms with Crippen molar-refractivity contribution in [3.05, 3.63) is 11.1 Å². The van der Waals surface area contributed by atoms with Crippen molar-refractivity contribution in [3.63, 3.8) is 0 Å². The molecule has 100 valence electrons. The Morgan fingerprint density at radius 2 is 2.17 bits per heavy atom. The third-order valence-electron chi connectivity index (χ3n) is 3.86. The number of hydrogen-bond donors (Lipinski definition) is 0. The van der Waals surface area contributed by atoms with Gasteiger partial charge in [0.25, 0.3) is 0 Å². The van der Waals surface area contributed by atoms with Crippen LogP contribution in [0.5, 0.6) is 0 Å². The minimum absolute atomic E-state index is 0.290. The maximum absolute atomic E-state index is 5.81. The van der Waals surface area contributed by atoms with Gasteiger partial charge in [-0.15, -0.1) is 5.10 Å². The third kappa shape index (κ3) is 2.88. The Morgan fingerprint density at radius 1 is 1.28 bits per heavy atom. The van der Waals surface area contributed by atoms with Crippen LogP contribution in [0.1, 0.15) is 18.5 Å². The molecule has 6 heteroatoms. The lowest BCUT2D eigenvalue weighted by molar-refractivity contribution is -0.0320. The van der Waals surface area contributed by atoms with Gasteiger partial charge in [-0.3, -0.25) is 4.90 Å². The Hall–Kier alpha value is -0.560. The molecule has 0 N–H and O–H groups in total. The van der Waals surface area contributed by atoms with E-state index in [1.54, 1.807) is 0 Å². The van der Waals surface area contributed by atoms with E-state index in [0.717, 1.165) is 64.6 Å². The molecule has 1 spiro atoms. The summed E-state index contributed by atoms with van der Waals surface area (Å²) in [6.45, 7) is 6.41. The highest BCUT2D eigenvalue weighted by Crippen LogP contribution is 2.33. The molecule has 3 rings (SSSR count). The number of hydrogen-bond acceptors (Lipinski definition) is 6. The van der Waals surface area contributed by atoms with Crippen LogP contribution >= 0.6 is 11.5 Å². The zero-order valence-corrected chi connectivity index (χ0v) is 11.3. The fourth-order valence-corrected chi connectivity index (χ4v) is 3.25. The lowest BCUT2D eigenvalue weighted by Gasteiger charge is -2.38. The van der Waals surface area contributed by atoms with Gasteiger partial charge in [0.15, 0.2) is 0 Å². The molecule has 0 saturated carbocycles. The number of ether oxygens (including phenoxy) is 2. The second-order valence-electron chi connectivity index (χ2n) is 5.27. The lowest BCUT2D eigenvalue weighted by Crippen LogP contribution is -2.42. The van der Waals surface area contributed by atoms with Crippen LogP contribution in [-0.4, -0.2) is 54.0 Å². The van der Waals surface area contributed by atoms with Crippen molar-refractivity contribution in [2.75, 3.05) is 39.5 Å². The predicted octanol–water partition coefficient (Wildman–Crippen LogP) is 1.17. The van der Waals surface area contributed by atoms with Gasteiger partial charge in [-0.05, 0) is 24.4 Å². The van der Waals surface area contributed by atoms with E-state index in [1.165, 1.54) is 11.5 Å². The average Bonchev–Trinajstić information content (AvgIpc) is 2.81. The molecule has 0 aromatic carbocycles. The normalized spacial score (nSPS) is 25.1. The van der Waals surface area contributed by atoms with Crippen LogP contribution in [0.15, 0.2) is 5.38 Å². The summed E-state index contributed by atoms with van der Waals surface area (Å²) in [5.74, 6) is 0. The molecule has 0 radical (unpaired) electrons. The lowest BCUT2D eigenvalue weighted by atomic mass is 9.80. The monoisotopic (exact) mass is 269 g/mol. The fourth-order valence-electron chi connectivity index (χ4n) is 2.81. The van der Waals surface area contributed by atoms with E-state index in [9.17, 15) is 0 Å². The Morgan fingerprint density at radius 3 is 2.94 bits per heavy atom. The van der Waals surface area contributed by atoms with Gasteiger partial charge in [-0.2, -0.15) is 0 Å². The van der Waals surface area contributed by atoms with Crippen molar-refractivity contribution in [1.82, 2.24) is 14.5 Å². The maximum atomic E-state index is 5.81. The Kier molecular flexibility index (Phi) is 3.88. The summed E-state index contributed by atoms with van der Waals surface area (Å²) in [5, 5.41) is 6.17. The topological polar surface area (TPSA) is 47.5 Å². The minimum atomic E-state index is 0.290. The number of aromatic nitrogens is 2. The van der Waals surface area contributed by atoms with E-state index in [4.69, 9.17) is 9.47 Å². The molecule has 2 aliphatic heterocycles. The molecule has 2 fully saturated rings. The molecule has 2 saturated heterocycles. The Bertz CT molecular complexity index is 365. The largest absolute Gasteiger partial charge is 0.381 e. The van der Waals surface area contributed by atoms with Gasteiger partial charge in [-0.1, -0.05) is 4.49 Å². The zero-order chi connectivity index (χ0) is 12.3. The van der Waals surface area contributed by atoms with Crippen molar-refractivity contribution < 1.29 is 9.47 Å². The van der Waals surface area contributed by atoms with E-state index in [1.807, 2.05) is 5.38 Å². The molecule has 0 amide bonds. The third-order valence-corrected chi connectivity index (χ3v) is 4.42. The summed E-state index contributed by atoms with van der Waals surface area (Å²) < 4.78 is 15.2. The van der Waals surface area contributed by atoms with E-state index in [-0.39, 0.29) is 5.41 Å². The van der Waals surface area contributed by atoms with Crippen LogP contribution in [0.2, 0.25) is 0 Å². The minimum Gasteiger partial charge on any atom is -0.381 e. The van der Waals surface area contributed by atoms with Crippen LogP contribution in [0, 0.1) is 5.41 Å². The molecule has 0 aliphatic carbocycles. The van der Waals surface area contributed by atoms with E-state index in [0.29, 0.717) is 0 Å². The van der Waals surface area contributed by atoms with Crippen LogP contribution < -0.4 is 0 Å². The van der Waals surface area contributed by atoms with Crippen LogP contribution in [-0.2, 0) is 16.0 Å². The van der Waals surface area contributed by atoms with E-state index >= 15 is 0 Å². The van der Waals surface area contributed by atoms with Crippen molar-refractivity contribution in [1.29, 1.82) is 0 Å². The summed E-state index contributed by atoms with van der Waals surface area (Å²) in [5.41, 5.74) is 1.36. The Labute approximate surface area is 111 Å². The van der Waals surface area contributed by atoms with Crippen LogP contribution in [0.25, 0.3) is 0 Å².